The fourth-order valence-electron chi connectivity index (χ4n) is 1.36. The topological polar surface area (TPSA) is 71.1 Å². The quantitative estimate of drug-likeness (QED) is 0.346. The van der Waals surface area contributed by atoms with Gasteiger partial charge in [-0.15, -0.1) is 0 Å². The Balaban J connectivity index is 3.20. The molecule has 1 rings (SSSR count). The first kappa shape index (κ1) is 15.3. The van der Waals surface area contributed by atoms with Crippen molar-refractivity contribution >= 4 is 19.8 Å². The molecule has 0 N–H and O–H groups in total. The van der Waals surface area contributed by atoms with Crippen molar-refractivity contribution < 1.29 is 27.9 Å². The lowest BCUT2D eigenvalue weighted by Crippen LogP contribution is -2.05. The van der Waals surface area contributed by atoms with Gasteiger partial charge in [0.05, 0.1) is 20.5 Å². The first-order valence-corrected chi connectivity index (χ1v) is 6.53. The molecule has 0 saturated carbocycles. The van der Waals surface area contributed by atoms with Crippen molar-refractivity contribution in [1.29, 1.82) is 0 Å². The number of hydrogen-bond donors (Lipinski definition) is 0. The zero-order chi connectivity index (χ0) is 14.3. The summed E-state index contributed by atoms with van der Waals surface area (Å²) in [6, 6.07) is 6.59. The molecule has 0 aliphatic carbocycles. The zero-order valence-corrected chi connectivity index (χ0v) is 11.8. The van der Waals surface area contributed by atoms with E-state index in [-0.39, 0.29) is 11.3 Å². The van der Waals surface area contributed by atoms with Crippen LogP contribution in [0.25, 0.3) is 5.57 Å². The Labute approximate surface area is 111 Å². The molecular weight excluding hydrogens is 271 g/mol. The Morgan fingerprint density at radius 2 is 1.89 bits per heavy atom. The fourth-order valence-corrected chi connectivity index (χ4v) is 1.80. The monoisotopic (exact) mass is 286 g/mol. The van der Waals surface area contributed by atoms with Crippen molar-refractivity contribution in [2.24, 2.45) is 0 Å². The molecule has 1 aromatic carbocycles. The third kappa shape index (κ3) is 4.12. The molecule has 0 aliphatic rings. The largest absolute Gasteiger partial charge is 0.503 e. The normalized spacial score (nSPS) is 12.7. The maximum atomic E-state index is 11.7. The van der Waals surface area contributed by atoms with Crippen molar-refractivity contribution in [2.45, 2.75) is 0 Å². The van der Waals surface area contributed by atoms with Gasteiger partial charge in [0.15, 0.2) is 0 Å². The van der Waals surface area contributed by atoms with Crippen LogP contribution in [0.1, 0.15) is 5.56 Å². The summed E-state index contributed by atoms with van der Waals surface area (Å²) < 4.78 is 30.6. The SMILES string of the molecule is COC=C(C(=O)OC)c1ccccc1O[PH](=O)OC. The van der Waals surface area contributed by atoms with Crippen molar-refractivity contribution in [1.82, 2.24) is 0 Å². The predicted molar refractivity (Wildman–Crippen MR) is 70.1 cm³/mol. The Morgan fingerprint density at radius 1 is 1.21 bits per heavy atom. The van der Waals surface area contributed by atoms with Crippen LogP contribution in [0.4, 0.5) is 0 Å². The number of carbonyl (C=O) groups is 1. The highest BCUT2D eigenvalue weighted by Gasteiger charge is 2.18. The summed E-state index contributed by atoms with van der Waals surface area (Å²) in [6.07, 6.45) is 1.23. The van der Waals surface area contributed by atoms with Gasteiger partial charge in [-0.25, -0.2) is 9.36 Å². The predicted octanol–water partition coefficient (Wildman–Crippen LogP) is 2.26. The molecule has 1 unspecified atom stereocenters. The highest BCUT2D eigenvalue weighted by Crippen LogP contribution is 2.33. The standard InChI is InChI=1S/C12H15O6P/c1-15-8-10(12(13)16-2)9-6-4-5-7-11(9)18-19(14)17-3/h4-8,19H,1-3H3. The number of methoxy groups -OCH3 is 2. The van der Waals surface area contributed by atoms with Crippen molar-refractivity contribution in [3.8, 4) is 5.75 Å². The van der Waals surface area contributed by atoms with Crippen LogP contribution in [0.5, 0.6) is 5.75 Å². The first-order chi connectivity index (χ1) is 9.13. The van der Waals surface area contributed by atoms with Crippen molar-refractivity contribution in [3.05, 3.63) is 36.1 Å². The van der Waals surface area contributed by atoms with E-state index < -0.39 is 14.2 Å². The van der Waals surface area contributed by atoms with Crippen LogP contribution in [0.2, 0.25) is 0 Å². The highest BCUT2D eigenvalue weighted by molar-refractivity contribution is 7.33. The number of rotatable bonds is 6. The van der Waals surface area contributed by atoms with E-state index in [9.17, 15) is 9.36 Å². The van der Waals surface area contributed by atoms with E-state index in [1.807, 2.05) is 0 Å². The van der Waals surface area contributed by atoms with Gasteiger partial charge in [0.25, 0.3) is 0 Å². The number of para-hydroxylation sites is 1. The average Bonchev–Trinajstić information content (AvgIpc) is 2.44. The smallest absolute Gasteiger partial charge is 0.367 e. The first-order valence-electron chi connectivity index (χ1n) is 5.30. The van der Waals surface area contributed by atoms with E-state index in [1.165, 1.54) is 27.6 Å². The second kappa shape index (κ2) is 7.61. The van der Waals surface area contributed by atoms with Gasteiger partial charge in [-0.2, -0.15) is 0 Å². The van der Waals surface area contributed by atoms with Gasteiger partial charge in [-0.3, -0.25) is 0 Å². The second-order valence-corrected chi connectivity index (χ2v) is 4.42. The lowest BCUT2D eigenvalue weighted by atomic mass is 10.1. The number of carbonyl (C=O) groups excluding carboxylic acids is 1. The number of ether oxygens (including phenoxy) is 2. The van der Waals surface area contributed by atoms with Crippen LogP contribution < -0.4 is 4.52 Å². The third-order valence-corrected chi connectivity index (χ3v) is 2.90. The molecule has 1 atom stereocenters. The minimum absolute atomic E-state index is 0.159. The van der Waals surface area contributed by atoms with E-state index in [4.69, 9.17) is 9.26 Å². The molecule has 1 aromatic rings. The van der Waals surface area contributed by atoms with E-state index in [0.717, 1.165) is 0 Å². The van der Waals surface area contributed by atoms with Crippen LogP contribution >= 0.6 is 8.25 Å². The van der Waals surface area contributed by atoms with E-state index in [2.05, 4.69) is 9.26 Å². The average molecular weight is 286 g/mol. The second-order valence-electron chi connectivity index (χ2n) is 3.31. The summed E-state index contributed by atoms with van der Waals surface area (Å²) in [5.41, 5.74) is 0.568. The Morgan fingerprint density at radius 3 is 2.47 bits per heavy atom. The zero-order valence-electron chi connectivity index (χ0n) is 10.8. The van der Waals surface area contributed by atoms with E-state index in [0.29, 0.717) is 5.56 Å². The summed E-state index contributed by atoms with van der Waals surface area (Å²) in [7, 11) is 1.29. The number of hydrogen-bond acceptors (Lipinski definition) is 6. The van der Waals surface area contributed by atoms with Crippen LogP contribution in [0.3, 0.4) is 0 Å². The molecule has 0 bridgehead atoms. The molecule has 0 amide bonds. The number of benzene rings is 1. The molecule has 6 nitrogen and oxygen atoms in total. The molecule has 19 heavy (non-hydrogen) atoms. The van der Waals surface area contributed by atoms with Crippen LogP contribution in [-0.4, -0.2) is 27.3 Å². The van der Waals surface area contributed by atoms with E-state index >= 15 is 0 Å². The summed E-state index contributed by atoms with van der Waals surface area (Å²) >= 11 is 0. The molecule has 0 aliphatic heterocycles. The van der Waals surface area contributed by atoms with Gasteiger partial charge < -0.3 is 18.5 Å². The molecule has 0 fully saturated rings. The summed E-state index contributed by atoms with van der Waals surface area (Å²) in [5.74, 6) is -0.336. The molecule has 0 spiro atoms. The summed E-state index contributed by atoms with van der Waals surface area (Å²) in [6.45, 7) is 0. The summed E-state index contributed by atoms with van der Waals surface area (Å²) in [4.78, 5) is 11.7. The molecular formula is C12H15O6P. The molecule has 0 heterocycles. The maximum absolute atomic E-state index is 11.7. The van der Waals surface area contributed by atoms with E-state index in [1.54, 1.807) is 24.3 Å². The Hall–Kier alpha value is -1.78. The van der Waals surface area contributed by atoms with Crippen LogP contribution in [0.15, 0.2) is 30.5 Å². The van der Waals surface area contributed by atoms with Gasteiger partial charge in [0.2, 0.25) is 0 Å². The maximum Gasteiger partial charge on any atom is 0.367 e. The molecule has 0 radical (unpaired) electrons. The van der Waals surface area contributed by atoms with Crippen LogP contribution in [0, 0.1) is 0 Å². The molecule has 0 aromatic heterocycles. The Bertz CT molecular complexity index is 497. The van der Waals surface area contributed by atoms with Gasteiger partial charge >= 0.3 is 14.2 Å². The number of esters is 1. The molecule has 0 saturated heterocycles. The lowest BCUT2D eigenvalue weighted by molar-refractivity contribution is -0.133. The van der Waals surface area contributed by atoms with Crippen LogP contribution in [-0.2, 0) is 23.4 Å². The molecule has 104 valence electrons. The van der Waals surface area contributed by atoms with Gasteiger partial charge in [-0.05, 0) is 6.07 Å². The third-order valence-electron chi connectivity index (χ3n) is 2.18. The van der Waals surface area contributed by atoms with Crippen molar-refractivity contribution in [3.63, 3.8) is 0 Å². The van der Waals surface area contributed by atoms with Gasteiger partial charge in [0, 0.05) is 12.7 Å². The highest BCUT2D eigenvalue weighted by atomic mass is 31.1. The Kier molecular flexibility index (Phi) is 6.12. The minimum atomic E-state index is -2.65. The van der Waals surface area contributed by atoms with Gasteiger partial charge in [0.1, 0.15) is 11.3 Å². The fraction of sp³-hybridized carbons (Fsp3) is 0.250. The van der Waals surface area contributed by atoms with Crippen molar-refractivity contribution in [2.75, 3.05) is 21.3 Å². The van der Waals surface area contributed by atoms with Gasteiger partial charge in [-0.1, -0.05) is 18.2 Å². The minimum Gasteiger partial charge on any atom is -0.503 e. The lowest BCUT2D eigenvalue weighted by Gasteiger charge is -2.11. The molecule has 7 heteroatoms. The summed E-state index contributed by atoms with van der Waals surface area (Å²) in [5, 5.41) is 0.